The lowest BCUT2D eigenvalue weighted by Crippen LogP contribution is -2.37. The molecule has 1 aromatic rings. The minimum absolute atomic E-state index is 0.00893. The Morgan fingerprint density at radius 1 is 1.63 bits per heavy atom. The van der Waals surface area contributed by atoms with Gasteiger partial charge in [-0.3, -0.25) is 4.79 Å². The fourth-order valence-electron chi connectivity index (χ4n) is 2.24. The number of aliphatic hydroxyl groups is 1. The molecule has 1 saturated heterocycles. The molecule has 6 heteroatoms. The number of nitrogens with zero attached hydrogens (tertiary/aromatic N) is 1. The Kier molecular flexibility index (Phi) is 4.27. The Bertz CT molecular complexity index is 483. The highest BCUT2D eigenvalue weighted by atomic mass is 35.5. The fourth-order valence-corrected chi connectivity index (χ4v) is 2.43. The van der Waals surface area contributed by atoms with E-state index in [1.54, 1.807) is 12.1 Å². The van der Waals surface area contributed by atoms with Gasteiger partial charge < -0.3 is 14.7 Å². The number of hydrogen-bond donors (Lipinski definition) is 1. The first kappa shape index (κ1) is 14.1. The zero-order chi connectivity index (χ0) is 14.0. The van der Waals surface area contributed by atoms with Gasteiger partial charge in [0, 0.05) is 12.0 Å². The molecule has 0 bridgehead atoms. The van der Waals surface area contributed by atoms with E-state index in [0.29, 0.717) is 16.3 Å². The standard InChI is InChI=1S/C13H15ClFNO3/c1-19-12-4-8(2-3-11(12)14)13(18)16-6-9(15)5-10(16)7-17/h2-4,9-10,17H,5-7H2,1H3/t9-,10-/m0/s1. The van der Waals surface area contributed by atoms with Gasteiger partial charge in [0.1, 0.15) is 11.9 Å². The maximum atomic E-state index is 13.3. The second kappa shape index (κ2) is 5.75. The first-order valence-corrected chi connectivity index (χ1v) is 6.34. The molecule has 0 unspecified atom stereocenters. The van der Waals surface area contributed by atoms with E-state index in [9.17, 15) is 14.3 Å². The van der Waals surface area contributed by atoms with Gasteiger partial charge in [0.2, 0.25) is 0 Å². The van der Waals surface area contributed by atoms with Gasteiger partial charge in [-0.25, -0.2) is 4.39 Å². The fraction of sp³-hybridized carbons (Fsp3) is 0.462. The SMILES string of the molecule is COc1cc(C(=O)N2C[C@@H](F)C[C@H]2CO)ccc1Cl. The molecule has 2 atom stereocenters. The van der Waals surface area contributed by atoms with E-state index in [-0.39, 0.29) is 25.5 Å². The van der Waals surface area contributed by atoms with Crippen LogP contribution in [0.3, 0.4) is 0 Å². The van der Waals surface area contributed by atoms with Gasteiger partial charge in [-0.1, -0.05) is 11.6 Å². The van der Waals surface area contributed by atoms with Crippen molar-refractivity contribution in [2.24, 2.45) is 0 Å². The van der Waals surface area contributed by atoms with Crippen LogP contribution in [-0.4, -0.2) is 48.4 Å². The average Bonchev–Trinajstić information content (AvgIpc) is 2.79. The molecule has 1 N–H and O–H groups in total. The van der Waals surface area contributed by atoms with Gasteiger partial charge >= 0.3 is 0 Å². The Labute approximate surface area is 115 Å². The summed E-state index contributed by atoms with van der Waals surface area (Å²) in [7, 11) is 1.46. The smallest absolute Gasteiger partial charge is 0.254 e. The Morgan fingerprint density at radius 3 is 3.00 bits per heavy atom. The third-order valence-corrected chi connectivity index (χ3v) is 3.55. The number of methoxy groups -OCH3 is 1. The second-order valence-corrected chi connectivity index (χ2v) is 4.88. The number of ether oxygens (including phenoxy) is 1. The molecule has 2 rings (SSSR count). The van der Waals surface area contributed by atoms with Crippen molar-refractivity contribution in [1.29, 1.82) is 0 Å². The maximum absolute atomic E-state index is 13.3. The second-order valence-electron chi connectivity index (χ2n) is 4.48. The lowest BCUT2D eigenvalue weighted by atomic mass is 10.1. The number of halogens is 2. The van der Waals surface area contributed by atoms with Crippen molar-refractivity contribution in [3.63, 3.8) is 0 Å². The molecule has 1 aliphatic heterocycles. The molecule has 0 aliphatic carbocycles. The predicted octanol–water partition coefficient (Wildman–Crippen LogP) is 1.89. The molecule has 0 aromatic heterocycles. The number of carbonyl (C=O) groups excluding carboxylic acids is 1. The van der Waals surface area contributed by atoms with Crippen LogP contribution in [-0.2, 0) is 0 Å². The van der Waals surface area contributed by atoms with Crippen molar-refractivity contribution in [1.82, 2.24) is 4.90 Å². The average molecular weight is 288 g/mol. The highest BCUT2D eigenvalue weighted by molar-refractivity contribution is 6.32. The van der Waals surface area contributed by atoms with Crippen LogP contribution in [0.5, 0.6) is 5.75 Å². The number of carbonyl (C=O) groups is 1. The van der Waals surface area contributed by atoms with Gasteiger partial charge in [0.15, 0.2) is 0 Å². The summed E-state index contributed by atoms with van der Waals surface area (Å²) in [5.41, 5.74) is 0.369. The summed E-state index contributed by atoms with van der Waals surface area (Å²) < 4.78 is 18.4. The monoisotopic (exact) mass is 287 g/mol. The summed E-state index contributed by atoms with van der Waals surface area (Å²) in [5, 5.41) is 9.59. The number of alkyl halides is 1. The van der Waals surface area contributed by atoms with Crippen molar-refractivity contribution in [3.05, 3.63) is 28.8 Å². The van der Waals surface area contributed by atoms with Crippen molar-refractivity contribution in [3.8, 4) is 5.75 Å². The van der Waals surface area contributed by atoms with E-state index < -0.39 is 12.2 Å². The van der Waals surface area contributed by atoms with Crippen LogP contribution in [0.2, 0.25) is 5.02 Å². The minimum atomic E-state index is -1.09. The number of aliphatic hydroxyl groups excluding tert-OH is 1. The van der Waals surface area contributed by atoms with Crippen LogP contribution in [0.1, 0.15) is 16.8 Å². The summed E-state index contributed by atoms with van der Waals surface area (Å²) in [6.45, 7) is -0.230. The summed E-state index contributed by atoms with van der Waals surface area (Å²) in [6, 6.07) is 4.17. The number of likely N-dealkylation sites (tertiary alicyclic amines) is 1. The van der Waals surface area contributed by atoms with Crippen molar-refractivity contribution in [2.75, 3.05) is 20.3 Å². The molecule has 1 fully saturated rings. The minimum Gasteiger partial charge on any atom is -0.495 e. The van der Waals surface area contributed by atoms with Crippen molar-refractivity contribution < 1.29 is 19.0 Å². The molecule has 0 spiro atoms. The molecule has 1 amide bonds. The summed E-state index contributed by atoms with van der Waals surface area (Å²) in [6.07, 6.45) is -0.914. The molecule has 4 nitrogen and oxygen atoms in total. The molecule has 19 heavy (non-hydrogen) atoms. The first-order valence-electron chi connectivity index (χ1n) is 5.96. The number of amides is 1. The Hall–Kier alpha value is -1.33. The van der Waals surface area contributed by atoms with Crippen LogP contribution in [0.15, 0.2) is 18.2 Å². The van der Waals surface area contributed by atoms with Gasteiger partial charge in [-0.2, -0.15) is 0 Å². The summed E-state index contributed by atoms with van der Waals surface area (Å²) in [4.78, 5) is 13.6. The van der Waals surface area contributed by atoms with Gasteiger partial charge in [0.25, 0.3) is 5.91 Å². The van der Waals surface area contributed by atoms with Crippen LogP contribution < -0.4 is 4.74 Å². The Balaban J connectivity index is 2.24. The molecule has 1 heterocycles. The maximum Gasteiger partial charge on any atom is 0.254 e. The van der Waals surface area contributed by atoms with E-state index in [1.807, 2.05) is 0 Å². The molecule has 1 aliphatic rings. The molecule has 0 radical (unpaired) electrons. The summed E-state index contributed by atoms with van der Waals surface area (Å²) in [5.74, 6) is 0.0678. The third-order valence-electron chi connectivity index (χ3n) is 3.23. The molecule has 0 saturated carbocycles. The predicted molar refractivity (Wildman–Crippen MR) is 69.4 cm³/mol. The topological polar surface area (TPSA) is 49.8 Å². The quantitative estimate of drug-likeness (QED) is 0.924. The number of rotatable bonds is 3. The lowest BCUT2D eigenvalue weighted by molar-refractivity contribution is 0.0672. The van der Waals surface area contributed by atoms with Crippen molar-refractivity contribution >= 4 is 17.5 Å². The number of hydrogen-bond acceptors (Lipinski definition) is 3. The Morgan fingerprint density at radius 2 is 2.37 bits per heavy atom. The normalized spacial score (nSPS) is 22.6. The molecular formula is C13H15ClFNO3. The molecule has 1 aromatic carbocycles. The van der Waals surface area contributed by atoms with Gasteiger partial charge in [0.05, 0.1) is 31.3 Å². The molecular weight excluding hydrogens is 273 g/mol. The highest BCUT2D eigenvalue weighted by Gasteiger charge is 2.35. The van der Waals surface area contributed by atoms with E-state index in [1.165, 1.54) is 18.1 Å². The first-order chi connectivity index (χ1) is 9.06. The van der Waals surface area contributed by atoms with Crippen molar-refractivity contribution in [2.45, 2.75) is 18.6 Å². The van der Waals surface area contributed by atoms with Crippen LogP contribution in [0.25, 0.3) is 0 Å². The van der Waals surface area contributed by atoms with Crippen LogP contribution in [0, 0.1) is 0 Å². The largest absolute Gasteiger partial charge is 0.495 e. The van der Waals surface area contributed by atoms with Crippen LogP contribution >= 0.6 is 11.6 Å². The van der Waals surface area contributed by atoms with E-state index in [2.05, 4.69) is 0 Å². The zero-order valence-corrected chi connectivity index (χ0v) is 11.2. The zero-order valence-electron chi connectivity index (χ0n) is 10.5. The molecule has 104 valence electrons. The highest BCUT2D eigenvalue weighted by Crippen LogP contribution is 2.28. The van der Waals surface area contributed by atoms with E-state index in [0.717, 1.165) is 0 Å². The van der Waals surface area contributed by atoms with E-state index in [4.69, 9.17) is 16.3 Å². The summed E-state index contributed by atoms with van der Waals surface area (Å²) >= 11 is 5.89. The number of benzene rings is 1. The van der Waals surface area contributed by atoms with Crippen LogP contribution in [0.4, 0.5) is 4.39 Å². The third kappa shape index (κ3) is 2.82. The van der Waals surface area contributed by atoms with Gasteiger partial charge in [-0.15, -0.1) is 0 Å². The van der Waals surface area contributed by atoms with Gasteiger partial charge in [-0.05, 0) is 18.2 Å². The lowest BCUT2D eigenvalue weighted by Gasteiger charge is -2.22. The van der Waals surface area contributed by atoms with E-state index >= 15 is 0 Å².